The third-order valence-corrected chi connectivity index (χ3v) is 1.72. The molecule has 0 bridgehead atoms. The van der Waals surface area contributed by atoms with Crippen molar-refractivity contribution in [1.82, 2.24) is 0 Å². The topological polar surface area (TPSA) is 63.6 Å². The van der Waals surface area contributed by atoms with Gasteiger partial charge in [-0.2, -0.15) is 0 Å². The first-order chi connectivity index (χ1) is 6.65. The number of aliphatic carboxylic acids is 1. The third-order valence-electron chi connectivity index (χ3n) is 1.72. The summed E-state index contributed by atoms with van der Waals surface area (Å²) in [4.78, 5) is 21.7. The van der Waals surface area contributed by atoms with Crippen molar-refractivity contribution in [3.63, 3.8) is 0 Å². The fourth-order valence-electron chi connectivity index (χ4n) is 1.11. The number of ether oxygens (including phenoxy) is 1. The number of hydrogen-bond donors (Lipinski definition) is 1. The van der Waals surface area contributed by atoms with Gasteiger partial charge in [0.25, 0.3) is 0 Å². The van der Waals surface area contributed by atoms with Crippen molar-refractivity contribution in [2.45, 2.75) is 6.42 Å². The highest BCUT2D eigenvalue weighted by Crippen LogP contribution is 2.18. The van der Waals surface area contributed by atoms with E-state index in [9.17, 15) is 9.59 Å². The molecule has 1 rings (SSSR count). The van der Waals surface area contributed by atoms with E-state index in [1.54, 1.807) is 24.3 Å². The lowest BCUT2D eigenvalue weighted by molar-refractivity contribution is -0.135. The summed E-state index contributed by atoms with van der Waals surface area (Å²) in [5.41, 5.74) is 0.303. The van der Waals surface area contributed by atoms with Gasteiger partial charge < -0.3 is 9.84 Å². The fraction of sp³-hybridized carbons (Fsp3) is 0.200. The van der Waals surface area contributed by atoms with Crippen LogP contribution in [-0.4, -0.2) is 24.0 Å². The van der Waals surface area contributed by atoms with Gasteiger partial charge in [-0.1, -0.05) is 12.1 Å². The van der Waals surface area contributed by atoms with Gasteiger partial charge in [-0.3, -0.25) is 9.59 Å². The normalized spacial score (nSPS) is 9.50. The molecule has 0 fully saturated rings. The zero-order valence-electron chi connectivity index (χ0n) is 7.69. The van der Waals surface area contributed by atoms with Crippen molar-refractivity contribution < 1.29 is 19.4 Å². The number of benzene rings is 1. The number of rotatable bonds is 4. The summed E-state index contributed by atoms with van der Waals surface area (Å²) in [6.45, 7) is 0. The summed E-state index contributed by atoms with van der Waals surface area (Å²) >= 11 is 0. The second kappa shape index (κ2) is 4.41. The number of carbonyl (C=O) groups excluding carboxylic acids is 1. The summed E-state index contributed by atoms with van der Waals surface area (Å²) in [5.74, 6) is -1.19. The lowest BCUT2D eigenvalue weighted by atomic mass is 10.1. The lowest BCUT2D eigenvalue weighted by Crippen LogP contribution is -2.08. The Morgan fingerprint density at radius 1 is 1.36 bits per heavy atom. The number of Topliss-reactive ketones (excluding diaryl/α,β-unsaturated/α-hetero) is 1. The van der Waals surface area contributed by atoms with Crippen molar-refractivity contribution in [3.8, 4) is 5.75 Å². The number of carbonyl (C=O) groups is 2. The van der Waals surface area contributed by atoms with E-state index in [-0.39, 0.29) is 0 Å². The van der Waals surface area contributed by atoms with Gasteiger partial charge in [-0.25, -0.2) is 0 Å². The standard InChI is InChI=1S/C10H10O4/c1-14-9-5-3-2-4-7(9)8(11)6-10(12)13/h2-5H,6H2,1H3,(H,12,13). The van der Waals surface area contributed by atoms with Gasteiger partial charge in [-0.15, -0.1) is 0 Å². The number of para-hydroxylation sites is 1. The minimum Gasteiger partial charge on any atom is -0.496 e. The van der Waals surface area contributed by atoms with E-state index in [0.29, 0.717) is 11.3 Å². The highest BCUT2D eigenvalue weighted by Gasteiger charge is 2.14. The smallest absolute Gasteiger partial charge is 0.311 e. The van der Waals surface area contributed by atoms with Gasteiger partial charge in [0.1, 0.15) is 12.2 Å². The molecule has 1 aromatic rings. The molecule has 1 N–H and O–H groups in total. The molecule has 0 amide bonds. The van der Waals surface area contributed by atoms with E-state index in [1.165, 1.54) is 7.11 Å². The summed E-state index contributed by atoms with van der Waals surface area (Å²) < 4.78 is 4.93. The van der Waals surface area contributed by atoms with Gasteiger partial charge in [0, 0.05) is 0 Å². The van der Waals surface area contributed by atoms with Crippen molar-refractivity contribution in [1.29, 1.82) is 0 Å². The molecule has 0 aromatic heterocycles. The minimum absolute atomic E-state index is 0.303. The Morgan fingerprint density at radius 2 is 2.00 bits per heavy atom. The van der Waals surface area contributed by atoms with E-state index in [0.717, 1.165) is 0 Å². The maximum absolute atomic E-state index is 11.4. The summed E-state index contributed by atoms with van der Waals surface area (Å²) in [6, 6.07) is 6.55. The van der Waals surface area contributed by atoms with E-state index in [1.807, 2.05) is 0 Å². The Kier molecular flexibility index (Phi) is 3.23. The molecule has 0 atom stereocenters. The van der Waals surface area contributed by atoms with E-state index >= 15 is 0 Å². The Balaban J connectivity index is 2.94. The first-order valence-corrected chi connectivity index (χ1v) is 4.03. The van der Waals surface area contributed by atoms with Crippen LogP contribution < -0.4 is 4.74 Å². The number of carboxylic acids is 1. The second-order valence-corrected chi connectivity index (χ2v) is 2.69. The monoisotopic (exact) mass is 194 g/mol. The molecule has 0 aliphatic carbocycles. The Morgan fingerprint density at radius 3 is 2.57 bits per heavy atom. The van der Waals surface area contributed by atoms with Gasteiger partial charge in [0.2, 0.25) is 0 Å². The predicted octanol–water partition coefficient (Wildman–Crippen LogP) is 1.35. The van der Waals surface area contributed by atoms with Crippen molar-refractivity contribution >= 4 is 11.8 Å². The van der Waals surface area contributed by atoms with Crippen LogP contribution in [0.4, 0.5) is 0 Å². The largest absolute Gasteiger partial charge is 0.496 e. The quantitative estimate of drug-likeness (QED) is 0.580. The molecular weight excluding hydrogens is 184 g/mol. The van der Waals surface area contributed by atoms with Crippen LogP contribution in [0.25, 0.3) is 0 Å². The Hall–Kier alpha value is -1.84. The number of methoxy groups -OCH3 is 1. The molecule has 4 nitrogen and oxygen atoms in total. The lowest BCUT2D eigenvalue weighted by Gasteiger charge is -2.05. The Labute approximate surface area is 81.1 Å². The van der Waals surface area contributed by atoms with Gasteiger partial charge in [0.05, 0.1) is 12.7 Å². The van der Waals surface area contributed by atoms with Crippen LogP contribution >= 0.6 is 0 Å². The van der Waals surface area contributed by atoms with E-state index in [2.05, 4.69) is 0 Å². The zero-order chi connectivity index (χ0) is 10.6. The first-order valence-electron chi connectivity index (χ1n) is 4.03. The molecule has 4 heteroatoms. The maximum atomic E-state index is 11.4. The molecule has 0 aliphatic heterocycles. The number of carboxylic acid groups (broad SMARTS) is 1. The number of hydrogen-bond acceptors (Lipinski definition) is 3. The maximum Gasteiger partial charge on any atom is 0.311 e. The molecule has 0 aliphatic rings. The summed E-state index contributed by atoms with van der Waals surface area (Å²) in [7, 11) is 1.44. The Bertz CT molecular complexity index is 357. The highest BCUT2D eigenvalue weighted by molar-refractivity contribution is 6.07. The third kappa shape index (κ3) is 2.32. The van der Waals surface area contributed by atoms with Crippen molar-refractivity contribution in [3.05, 3.63) is 29.8 Å². The van der Waals surface area contributed by atoms with Gasteiger partial charge >= 0.3 is 5.97 Å². The highest BCUT2D eigenvalue weighted by atomic mass is 16.5. The first kappa shape index (κ1) is 10.2. The second-order valence-electron chi connectivity index (χ2n) is 2.69. The van der Waals surface area contributed by atoms with Gasteiger partial charge in [-0.05, 0) is 12.1 Å². The summed E-state index contributed by atoms with van der Waals surface area (Å²) in [6.07, 6.45) is -0.514. The van der Waals surface area contributed by atoms with Crippen LogP contribution in [0.1, 0.15) is 16.8 Å². The zero-order valence-corrected chi connectivity index (χ0v) is 7.69. The SMILES string of the molecule is COc1ccccc1C(=O)CC(=O)O. The molecule has 74 valence electrons. The molecule has 0 radical (unpaired) electrons. The van der Waals surface area contributed by atoms with Gasteiger partial charge in [0.15, 0.2) is 5.78 Å². The molecule has 0 saturated heterocycles. The van der Waals surface area contributed by atoms with Crippen LogP contribution in [-0.2, 0) is 4.79 Å². The average molecular weight is 194 g/mol. The molecule has 0 saturated carbocycles. The number of ketones is 1. The van der Waals surface area contributed by atoms with Crippen LogP contribution in [0.2, 0.25) is 0 Å². The van der Waals surface area contributed by atoms with Crippen LogP contribution in [0.15, 0.2) is 24.3 Å². The predicted molar refractivity (Wildman–Crippen MR) is 49.6 cm³/mol. The molecule has 0 spiro atoms. The van der Waals surface area contributed by atoms with E-state index in [4.69, 9.17) is 9.84 Å². The fourth-order valence-corrected chi connectivity index (χ4v) is 1.11. The van der Waals surface area contributed by atoms with Crippen LogP contribution in [0, 0.1) is 0 Å². The molecule has 1 aromatic carbocycles. The molecule has 0 heterocycles. The van der Waals surface area contributed by atoms with Crippen molar-refractivity contribution in [2.75, 3.05) is 7.11 Å². The van der Waals surface area contributed by atoms with Crippen LogP contribution in [0.3, 0.4) is 0 Å². The van der Waals surface area contributed by atoms with Crippen LogP contribution in [0.5, 0.6) is 5.75 Å². The molecule has 14 heavy (non-hydrogen) atoms. The summed E-state index contributed by atoms with van der Waals surface area (Å²) in [5, 5.41) is 8.45. The average Bonchev–Trinajstić information content (AvgIpc) is 2.16. The van der Waals surface area contributed by atoms with E-state index < -0.39 is 18.2 Å². The molecular formula is C10H10O4. The minimum atomic E-state index is -1.14. The van der Waals surface area contributed by atoms with Crippen molar-refractivity contribution in [2.24, 2.45) is 0 Å². The molecule has 0 unspecified atom stereocenters.